The average Bonchev–Trinajstić information content (AvgIpc) is 3.02. The Morgan fingerprint density at radius 2 is 1.73 bits per heavy atom. The van der Waals surface area contributed by atoms with E-state index in [2.05, 4.69) is 10.6 Å². The third-order valence-corrected chi connectivity index (χ3v) is 7.82. The highest BCUT2D eigenvalue weighted by Crippen LogP contribution is 2.27. The SMILES string of the molecule is CCOCCOCCN(C)C(=O)CC[C@H](NC(=O)[C@H](CC1CCCCC1)NC(=O)OCc1cccc(Cl)c1)C(=O)N(C)OC. The first-order valence-corrected chi connectivity index (χ1v) is 15.7. The topological polar surface area (TPSA) is 136 Å². The predicted molar refractivity (Wildman–Crippen MR) is 166 cm³/mol. The maximum atomic E-state index is 13.6. The molecule has 1 aromatic rings. The Morgan fingerprint density at radius 3 is 2.41 bits per heavy atom. The molecule has 1 fully saturated rings. The first-order chi connectivity index (χ1) is 21.1. The Bertz CT molecular complexity index is 1040. The molecule has 2 atom stereocenters. The molecule has 1 aliphatic carbocycles. The summed E-state index contributed by atoms with van der Waals surface area (Å²) < 4.78 is 16.1. The lowest BCUT2D eigenvalue weighted by atomic mass is 9.84. The Hall–Kier alpha value is -2.93. The van der Waals surface area contributed by atoms with E-state index in [0.717, 1.165) is 37.2 Å². The van der Waals surface area contributed by atoms with Gasteiger partial charge >= 0.3 is 6.09 Å². The summed E-state index contributed by atoms with van der Waals surface area (Å²) >= 11 is 6.02. The minimum Gasteiger partial charge on any atom is -0.445 e. The van der Waals surface area contributed by atoms with Gasteiger partial charge in [0.15, 0.2) is 0 Å². The molecule has 1 aromatic carbocycles. The average molecular weight is 641 g/mol. The van der Waals surface area contributed by atoms with Crippen molar-refractivity contribution in [1.82, 2.24) is 20.6 Å². The largest absolute Gasteiger partial charge is 0.445 e. The first-order valence-electron chi connectivity index (χ1n) is 15.3. The van der Waals surface area contributed by atoms with Crippen molar-refractivity contribution in [1.29, 1.82) is 0 Å². The lowest BCUT2D eigenvalue weighted by Gasteiger charge is -2.29. The van der Waals surface area contributed by atoms with Crippen LogP contribution in [-0.2, 0) is 40.0 Å². The summed E-state index contributed by atoms with van der Waals surface area (Å²) in [6, 6.07) is 4.97. The van der Waals surface area contributed by atoms with E-state index >= 15 is 0 Å². The zero-order chi connectivity index (χ0) is 32.3. The van der Waals surface area contributed by atoms with Gasteiger partial charge in [0, 0.05) is 38.7 Å². The van der Waals surface area contributed by atoms with Crippen LogP contribution in [0.3, 0.4) is 0 Å². The second-order valence-electron chi connectivity index (χ2n) is 10.9. The highest BCUT2D eigenvalue weighted by atomic mass is 35.5. The minimum absolute atomic E-state index is 0.00604. The molecule has 0 aromatic heterocycles. The summed E-state index contributed by atoms with van der Waals surface area (Å²) in [6.07, 6.45) is 4.87. The molecule has 1 aliphatic rings. The van der Waals surface area contributed by atoms with Gasteiger partial charge in [-0.2, -0.15) is 0 Å². The molecule has 12 nitrogen and oxygen atoms in total. The van der Waals surface area contributed by atoms with E-state index < -0.39 is 30.0 Å². The fourth-order valence-electron chi connectivity index (χ4n) is 4.94. The molecule has 13 heteroatoms. The fourth-order valence-corrected chi connectivity index (χ4v) is 5.15. The molecule has 0 radical (unpaired) electrons. The molecule has 2 rings (SSSR count). The Labute approximate surface area is 266 Å². The fraction of sp³-hybridized carbons (Fsp3) is 0.677. The number of nitrogens with zero attached hydrogens (tertiary/aromatic N) is 2. The molecule has 0 spiro atoms. The second kappa shape index (κ2) is 20.9. The Morgan fingerprint density at radius 1 is 1.00 bits per heavy atom. The van der Waals surface area contributed by atoms with Crippen molar-refractivity contribution in [3.8, 4) is 0 Å². The van der Waals surface area contributed by atoms with E-state index in [1.54, 1.807) is 31.3 Å². The number of carbonyl (C=O) groups is 4. The van der Waals surface area contributed by atoms with Crippen molar-refractivity contribution in [2.45, 2.75) is 77.0 Å². The summed E-state index contributed by atoms with van der Waals surface area (Å²) in [5.74, 6) is -1.00. The van der Waals surface area contributed by atoms with Crippen molar-refractivity contribution in [2.24, 2.45) is 5.92 Å². The third-order valence-electron chi connectivity index (χ3n) is 7.58. The predicted octanol–water partition coefficient (Wildman–Crippen LogP) is 3.70. The zero-order valence-corrected chi connectivity index (χ0v) is 27.2. The quantitative estimate of drug-likeness (QED) is 0.173. The van der Waals surface area contributed by atoms with Crippen LogP contribution in [0.2, 0.25) is 5.02 Å². The molecule has 1 saturated carbocycles. The van der Waals surface area contributed by atoms with Gasteiger partial charge in [0.2, 0.25) is 11.8 Å². The normalized spacial score (nSPS) is 14.8. The maximum absolute atomic E-state index is 13.6. The number of hydrogen-bond acceptors (Lipinski definition) is 8. The maximum Gasteiger partial charge on any atom is 0.408 e. The monoisotopic (exact) mass is 640 g/mol. The molecule has 0 saturated heterocycles. The number of hydrogen-bond donors (Lipinski definition) is 2. The molecule has 248 valence electrons. The van der Waals surface area contributed by atoms with Gasteiger partial charge in [-0.1, -0.05) is 55.8 Å². The van der Waals surface area contributed by atoms with Gasteiger partial charge in [0.05, 0.1) is 26.9 Å². The van der Waals surface area contributed by atoms with Crippen LogP contribution < -0.4 is 10.6 Å². The highest BCUT2D eigenvalue weighted by Gasteiger charge is 2.31. The third kappa shape index (κ3) is 14.2. The minimum atomic E-state index is -1.05. The van der Waals surface area contributed by atoms with Crippen molar-refractivity contribution >= 4 is 35.4 Å². The smallest absolute Gasteiger partial charge is 0.408 e. The van der Waals surface area contributed by atoms with Gasteiger partial charge < -0.3 is 29.7 Å². The number of rotatable bonds is 19. The first kappa shape index (κ1) is 37.3. The summed E-state index contributed by atoms with van der Waals surface area (Å²) in [5.41, 5.74) is 0.709. The van der Waals surface area contributed by atoms with Crippen LogP contribution in [0, 0.1) is 5.92 Å². The van der Waals surface area contributed by atoms with E-state index in [0.29, 0.717) is 50.0 Å². The van der Waals surface area contributed by atoms with Crippen LogP contribution in [-0.4, -0.2) is 100 Å². The van der Waals surface area contributed by atoms with Crippen LogP contribution >= 0.6 is 11.6 Å². The second-order valence-corrected chi connectivity index (χ2v) is 11.3. The number of amides is 4. The summed E-state index contributed by atoms with van der Waals surface area (Å²) in [6.45, 7) is 4.15. The van der Waals surface area contributed by atoms with Gasteiger partial charge in [-0.3, -0.25) is 19.2 Å². The van der Waals surface area contributed by atoms with Crippen LogP contribution in [0.15, 0.2) is 24.3 Å². The number of alkyl carbamates (subject to hydrolysis) is 1. The number of nitrogens with one attached hydrogen (secondary N) is 2. The van der Waals surface area contributed by atoms with Crippen LogP contribution in [0.25, 0.3) is 0 Å². The number of likely N-dealkylation sites (N-methyl/N-ethyl adjacent to an activating group) is 2. The number of benzene rings is 1. The van der Waals surface area contributed by atoms with Crippen molar-refractivity contribution < 1.29 is 38.2 Å². The highest BCUT2D eigenvalue weighted by molar-refractivity contribution is 6.30. The van der Waals surface area contributed by atoms with Crippen LogP contribution in [0.5, 0.6) is 0 Å². The van der Waals surface area contributed by atoms with E-state index in [1.807, 2.05) is 6.92 Å². The Balaban J connectivity index is 2.03. The molecule has 0 aliphatic heterocycles. The molecule has 2 N–H and O–H groups in total. The van der Waals surface area contributed by atoms with Gasteiger partial charge in [-0.25, -0.2) is 9.86 Å². The number of ether oxygens (including phenoxy) is 3. The van der Waals surface area contributed by atoms with Crippen molar-refractivity contribution in [3.05, 3.63) is 34.9 Å². The summed E-state index contributed by atoms with van der Waals surface area (Å²) in [4.78, 5) is 58.9. The van der Waals surface area contributed by atoms with E-state index in [9.17, 15) is 19.2 Å². The molecule has 4 amide bonds. The van der Waals surface area contributed by atoms with Crippen LogP contribution in [0.4, 0.5) is 4.79 Å². The zero-order valence-electron chi connectivity index (χ0n) is 26.5. The van der Waals surface area contributed by atoms with Gasteiger partial charge in [-0.05, 0) is 43.4 Å². The summed E-state index contributed by atoms with van der Waals surface area (Å²) in [5, 5.41) is 7.00. The number of carbonyl (C=O) groups excluding carboxylic acids is 4. The lowest BCUT2D eigenvalue weighted by molar-refractivity contribution is -0.172. The molecule has 0 unspecified atom stereocenters. The molecular formula is C31H49ClN4O8. The lowest BCUT2D eigenvalue weighted by Crippen LogP contribution is -2.54. The van der Waals surface area contributed by atoms with E-state index in [1.165, 1.54) is 19.1 Å². The molecule has 0 bridgehead atoms. The molecular weight excluding hydrogens is 592 g/mol. The van der Waals surface area contributed by atoms with Crippen LogP contribution in [0.1, 0.15) is 63.9 Å². The summed E-state index contributed by atoms with van der Waals surface area (Å²) in [7, 11) is 4.43. The van der Waals surface area contributed by atoms with Crippen molar-refractivity contribution in [3.63, 3.8) is 0 Å². The molecule has 44 heavy (non-hydrogen) atoms. The van der Waals surface area contributed by atoms with Crippen molar-refractivity contribution in [2.75, 3.05) is 54.2 Å². The van der Waals surface area contributed by atoms with E-state index in [4.69, 9.17) is 30.6 Å². The van der Waals surface area contributed by atoms with E-state index in [-0.39, 0.29) is 31.3 Å². The standard InChI is InChI=1S/C31H49ClN4O8/c1-5-42-18-19-43-17-16-35(2)28(37)15-14-26(30(39)36(3)41-4)33-29(38)27(21-23-10-7-6-8-11-23)34-31(40)44-22-24-12-9-13-25(32)20-24/h9,12-13,20,23,26-27H,5-8,10-11,14-19,21-22H2,1-4H3,(H,33,38)(H,34,40)/t26-,27-/m0/s1. The number of hydroxylamine groups is 2. The van der Waals surface area contributed by atoms with Gasteiger partial charge in [0.1, 0.15) is 18.7 Å². The number of halogens is 1. The molecule has 0 heterocycles. The Kier molecular flexibility index (Phi) is 17.7. The van der Waals surface area contributed by atoms with Gasteiger partial charge in [-0.15, -0.1) is 0 Å². The van der Waals surface area contributed by atoms with Gasteiger partial charge in [0.25, 0.3) is 5.91 Å².